The van der Waals surface area contributed by atoms with Gasteiger partial charge in [0.05, 0.1) is 5.88 Å². The molecule has 3 heteroatoms. The van der Waals surface area contributed by atoms with Crippen molar-refractivity contribution in [3.8, 4) is 0 Å². The van der Waals surface area contributed by atoms with Gasteiger partial charge in [-0.1, -0.05) is 6.92 Å². The monoisotopic (exact) mass is 146 g/mol. The van der Waals surface area contributed by atoms with Crippen LogP contribution in [-0.4, -0.2) is 17.8 Å². The van der Waals surface area contributed by atoms with Crippen molar-refractivity contribution in [2.45, 2.75) is 20.3 Å². The largest absolute Gasteiger partial charge is 0.300 e. The molecule has 0 radical (unpaired) electrons. The Labute approximate surface area is 61.1 Å². The quantitative estimate of drug-likeness (QED) is 0.276. The molecule has 0 bridgehead atoms. The highest BCUT2D eigenvalue weighted by Crippen LogP contribution is 1.97. The molecule has 0 saturated heterocycles. The van der Waals surface area contributed by atoms with E-state index in [-0.39, 0.29) is 0 Å². The van der Waals surface area contributed by atoms with Gasteiger partial charge in [-0.15, -0.1) is 11.8 Å². The summed E-state index contributed by atoms with van der Waals surface area (Å²) >= 11 is 1.87. The number of hydrogen-bond acceptors (Lipinski definition) is 3. The number of hydrogen-bond donors (Lipinski definition) is 1. The SMILES string of the molecule is CC=NNCSCCC. The molecular weight excluding hydrogens is 132 g/mol. The van der Waals surface area contributed by atoms with E-state index in [1.807, 2.05) is 18.7 Å². The van der Waals surface area contributed by atoms with E-state index in [4.69, 9.17) is 0 Å². The van der Waals surface area contributed by atoms with Gasteiger partial charge in [-0.05, 0) is 19.1 Å². The number of nitrogens with one attached hydrogen (secondary N) is 1. The van der Waals surface area contributed by atoms with Gasteiger partial charge >= 0.3 is 0 Å². The normalized spacial score (nSPS) is 10.4. The molecule has 0 saturated carbocycles. The molecule has 54 valence electrons. The van der Waals surface area contributed by atoms with E-state index in [2.05, 4.69) is 17.5 Å². The van der Waals surface area contributed by atoms with Crippen LogP contribution in [0.4, 0.5) is 0 Å². The summed E-state index contributed by atoms with van der Waals surface area (Å²) in [4.78, 5) is 0. The van der Waals surface area contributed by atoms with Gasteiger partial charge < -0.3 is 5.43 Å². The second-order valence-corrected chi connectivity index (χ2v) is 2.70. The molecule has 0 aliphatic heterocycles. The van der Waals surface area contributed by atoms with Crippen LogP contribution in [0.1, 0.15) is 20.3 Å². The van der Waals surface area contributed by atoms with Gasteiger partial charge in [0, 0.05) is 6.21 Å². The average Bonchev–Trinajstić information content (AvgIpc) is 1.89. The molecule has 0 heterocycles. The highest BCUT2D eigenvalue weighted by atomic mass is 32.2. The van der Waals surface area contributed by atoms with Gasteiger partial charge in [0.1, 0.15) is 0 Å². The van der Waals surface area contributed by atoms with Crippen LogP contribution in [0.3, 0.4) is 0 Å². The fraction of sp³-hybridized carbons (Fsp3) is 0.833. The molecule has 1 N–H and O–H groups in total. The zero-order valence-electron chi connectivity index (χ0n) is 6.05. The zero-order chi connectivity index (χ0) is 6.95. The summed E-state index contributed by atoms with van der Waals surface area (Å²) in [6.45, 7) is 4.08. The Morgan fingerprint density at radius 2 is 2.44 bits per heavy atom. The summed E-state index contributed by atoms with van der Waals surface area (Å²) in [7, 11) is 0. The van der Waals surface area contributed by atoms with Crippen LogP contribution in [0.25, 0.3) is 0 Å². The lowest BCUT2D eigenvalue weighted by Gasteiger charge is -1.96. The third-order valence-corrected chi connectivity index (χ3v) is 1.77. The second kappa shape index (κ2) is 7.82. The van der Waals surface area contributed by atoms with Gasteiger partial charge in [-0.25, -0.2) is 0 Å². The third kappa shape index (κ3) is 7.82. The van der Waals surface area contributed by atoms with Crippen LogP contribution in [0, 0.1) is 0 Å². The van der Waals surface area contributed by atoms with Crippen molar-refractivity contribution < 1.29 is 0 Å². The molecule has 0 aliphatic carbocycles. The molecule has 0 aromatic rings. The lowest BCUT2D eigenvalue weighted by Crippen LogP contribution is -2.03. The zero-order valence-corrected chi connectivity index (χ0v) is 6.87. The van der Waals surface area contributed by atoms with Crippen molar-refractivity contribution >= 4 is 18.0 Å². The molecular formula is C6H14N2S. The third-order valence-electron chi connectivity index (χ3n) is 0.735. The molecule has 2 nitrogen and oxygen atoms in total. The van der Waals surface area contributed by atoms with Crippen LogP contribution in [0.5, 0.6) is 0 Å². The second-order valence-electron chi connectivity index (χ2n) is 1.60. The first-order valence-electron chi connectivity index (χ1n) is 3.20. The maximum atomic E-state index is 3.85. The van der Waals surface area contributed by atoms with Crippen LogP contribution >= 0.6 is 11.8 Å². The first kappa shape index (κ1) is 8.82. The Morgan fingerprint density at radius 3 is 3.00 bits per heavy atom. The van der Waals surface area contributed by atoms with Crippen molar-refractivity contribution in [1.82, 2.24) is 5.43 Å². The van der Waals surface area contributed by atoms with E-state index < -0.39 is 0 Å². The van der Waals surface area contributed by atoms with Gasteiger partial charge in [0.25, 0.3) is 0 Å². The Morgan fingerprint density at radius 1 is 1.67 bits per heavy atom. The number of thioether (sulfide) groups is 1. The highest BCUT2D eigenvalue weighted by Gasteiger charge is 1.80. The lowest BCUT2D eigenvalue weighted by atomic mass is 10.6. The van der Waals surface area contributed by atoms with Crippen LogP contribution < -0.4 is 5.43 Å². The minimum Gasteiger partial charge on any atom is -0.300 e. The number of hydrazone groups is 1. The van der Waals surface area contributed by atoms with E-state index in [1.54, 1.807) is 6.21 Å². The molecule has 0 fully saturated rings. The summed E-state index contributed by atoms with van der Waals surface area (Å²) in [5.74, 6) is 2.14. The molecule has 0 unspecified atom stereocenters. The fourth-order valence-corrected chi connectivity index (χ4v) is 0.990. The average molecular weight is 146 g/mol. The standard InChI is InChI=1S/C6H14N2S/c1-3-5-9-6-8-7-4-2/h4,8H,3,5-6H2,1-2H3. The Balaban J connectivity index is 2.75. The van der Waals surface area contributed by atoms with Gasteiger partial charge in [0.2, 0.25) is 0 Å². The predicted molar refractivity (Wildman–Crippen MR) is 44.9 cm³/mol. The van der Waals surface area contributed by atoms with Crippen LogP contribution in [-0.2, 0) is 0 Å². The van der Waals surface area contributed by atoms with Crippen molar-refractivity contribution in [3.05, 3.63) is 0 Å². The molecule has 0 rings (SSSR count). The summed E-state index contributed by atoms with van der Waals surface area (Å²) in [5, 5.41) is 3.85. The molecule has 0 atom stereocenters. The topological polar surface area (TPSA) is 24.4 Å². The minimum atomic E-state index is 0.929. The Kier molecular flexibility index (Phi) is 7.66. The smallest absolute Gasteiger partial charge is 0.0784 e. The summed E-state index contributed by atoms with van der Waals surface area (Å²) < 4.78 is 0. The van der Waals surface area contributed by atoms with E-state index in [0.29, 0.717) is 0 Å². The molecule has 0 aromatic carbocycles. The van der Waals surface area contributed by atoms with Gasteiger partial charge in [0.15, 0.2) is 0 Å². The highest BCUT2D eigenvalue weighted by molar-refractivity contribution is 7.99. The Hall–Kier alpha value is -0.180. The van der Waals surface area contributed by atoms with Crippen LogP contribution in [0.2, 0.25) is 0 Å². The predicted octanol–water partition coefficient (Wildman–Crippen LogP) is 1.68. The summed E-state index contributed by atoms with van der Waals surface area (Å²) in [6, 6.07) is 0. The Bertz CT molecular complexity index is 73.5. The van der Waals surface area contributed by atoms with Gasteiger partial charge in [-0.2, -0.15) is 5.10 Å². The summed E-state index contributed by atoms with van der Waals surface area (Å²) in [6.07, 6.45) is 2.99. The number of rotatable bonds is 5. The first-order chi connectivity index (χ1) is 4.41. The first-order valence-corrected chi connectivity index (χ1v) is 4.35. The number of nitrogens with zero attached hydrogens (tertiary/aromatic N) is 1. The van der Waals surface area contributed by atoms with E-state index in [1.165, 1.54) is 12.2 Å². The van der Waals surface area contributed by atoms with Crippen molar-refractivity contribution in [1.29, 1.82) is 0 Å². The minimum absolute atomic E-state index is 0.929. The maximum absolute atomic E-state index is 3.85. The summed E-state index contributed by atoms with van der Waals surface area (Å²) in [5.41, 5.74) is 2.90. The molecule has 0 spiro atoms. The van der Waals surface area contributed by atoms with Crippen molar-refractivity contribution in [2.75, 3.05) is 11.6 Å². The van der Waals surface area contributed by atoms with Crippen LogP contribution in [0.15, 0.2) is 5.10 Å². The molecule has 9 heavy (non-hydrogen) atoms. The maximum Gasteiger partial charge on any atom is 0.0784 e. The van der Waals surface area contributed by atoms with E-state index >= 15 is 0 Å². The van der Waals surface area contributed by atoms with Crippen molar-refractivity contribution in [3.63, 3.8) is 0 Å². The molecule has 0 amide bonds. The molecule has 0 aromatic heterocycles. The van der Waals surface area contributed by atoms with Crippen molar-refractivity contribution in [2.24, 2.45) is 5.10 Å². The van der Waals surface area contributed by atoms with E-state index in [0.717, 1.165) is 5.88 Å². The molecule has 0 aliphatic rings. The van der Waals surface area contributed by atoms with E-state index in [9.17, 15) is 0 Å². The lowest BCUT2D eigenvalue weighted by molar-refractivity contribution is 0.876. The van der Waals surface area contributed by atoms with Gasteiger partial charge in [-0.3, -0.25) is 0 Å². The fourth-order valence-electron chi connectivity index (χ4n) is 0.391.